The molecule has 0 aliphatic heterocycles. The van der Waals surface area contributed by atoms with Gasteiger partial charge in [0, 0.05) is 11.5 Å². The molecule has 1 aliphatic carbocycles. The summed E-state index contributed by atoms with van der Waals surface area (Å²) < 4.78 is 0. The molecule has 0 saturated heterocycles. The van der Waals surface area contributed by atoms with Crippen LogP contribution in [0.2, 0.25) is 0 Å². The fraction of sp³-hybridized carbons (Fsp3) is 0.917. The van der Waals surface area contributed by atoms with Crippen LogP contribution in [0.5, 0.6) is 0 Å². The highest BCUT2D eigenvalue weighted by Crippen LogP contribution is 2.35. The molecule has 0 bridgehead atoms. The van der Waals surface area contributed by atoms with Gasteiger partial charge < -0.3 is 5.32 Å². The summed E-state index contributed by atoms with van der Waals surface area (Å²) >= 11 is 0. The van der Waals surface area contributed by atoms with Gasteiger partial charge >= 0.3 is 0 Å². The Morgan fingerprint density at radius 1 is 1.36 bits per heavy atom. The molecule has 1 fully saturated rings. The molecule has 14 heavy (non-hydrogen) atoms. The molecule has 1 unspecified atom stereocenters. The molecule has 1 amide bonds. The second-order valence-corrected chi connectivity index (χ2v) is 4.90. The van der Waals surface area contributed by atoms with Crippen molar-refractivity contribution in [2.75, 3.05) is 0 Å². The van der Waals surface area contributed by atoms with Gasteiger partial charge in [-0.05, 0) is 26.2 Å². The quantitative estimate of drug-likeness (QED) is 0.740. The zero-order valence-electron chi connectivity index (χ0n) is 9.73. The van der Waals surface area contributed by atoms with Crippen molar-refractivity contribution in [2.45, 2.75) is 65.3 Å². The van der Waals surface area contributed by atoms with E-state index in [2.05, 4.69) is 26.1 Å². The molecule has 82 valence electrons. The van der Waals surface area contributed by atoms with E-state index < -0.39 is 0 Å². The third-order valence-corrected chi connectivity index (χ3v) is 3.50. The van der Waals surface area contributed by atoms with Crippen molar-refractivity contribution < 1.29 is 4.79 Å². The van der Waals surface area contributed by atoms with Crippen molar-refractivity contribution in [1.82, 2.24) is 5.32 Å². The average Bonchev–Trinajstić information content (AvgIpc) is 2.18. The molecule has 0 aromatic carbocycles. The Balaban J connectivity index is 2.49. The van der Waals surface area contributed by atoms with E-state index in [0.717, 1.165) is 19.3 Å². The van der Waals surface area contributed by atoms with Crippen molar-refractivity contribution in [2.24, 2.45) is 5.41 Å². The van der Waals surface area contributed by atoms with E-state index in [1.807, 2.05) is 0 Å². The number of hydrogen-bond acceptors (Lipinski definition) is 1. The molecule has 0 spiro atoms. The van der Waals surface area contributed by atoms with Crippen LogP contribution in [0, 0.1) is 5.41 Å². The van der Waals surface area contributed by atoms with Crippen LogP contribution in [0.15, 0.2) is 0 Å². The second-order valence-electron chi connectivity index (χ2n) is 4.90. The lowest BCUT2D eigenvalue weighted by Crippen LogP contribution is -2.43. The smallest absolute Gasteiger partial charge is 0.226 e. The molecule has 1 atom stereocenters. The molecule has 0 aromatic rings. The van der Waals surface area contributed by atoms with Crippen LogP contribution in [0.3, 0.4) is 0 Å². The third-order valence-electron chi connectivity index (χ3n) is 3.50. The van der Waals surface area contributed by atoms with E-state index >= 15 is 0 Å². The van der Waals surface area contributed by atoms with E-state index in [1.54, 1.807) is 0 Å². The maximum absolute atomic E-state index is 12.0. The van der Waals surface area contributed by atoms with E-state index in [0.29, 0.717) is 6.04 Å². The standard InChI is InChI=1S/C12H23NO/c1-4-10(2)13-11(14)12(3)8-6-5-7-9-12/h10H,4-9H2,1-3H3,(H,13,14). The lowest BCUT2D eigenvalue weighted by atomic mass is 9.75. The number of carbonyl (C=O) groups is 1. The first-order valence-electron chi connectivity index (χ1n) is 5.89. The Morgan fingerprint density at radius 2 is 1.93 bits per heavy atom. The minimum Gasteiger partial charge on any atom is -0.353 e. The Hall–Kier alpha value is -0.530. The van der Waals surface area contributed by atoms with Gasteiger partial charge in [0.2, 0.25) is 5.91 Å². The van der Waals surface area contributed by atoms with Crippen LogP contribution in [-0.4, -0.2) is 11.9 Å². The first-order valence-corrected chi connectivity index (χ1v) is 5.89. The fourth-order valence-corrected chi connectivity index (χ4v) is 2.06. The minimum atomic E-state index is -0.0817. The summed E-state index contributed by atoms with van der Waals surface area (Å²) in [5.41, 5.74) is -0.0817. The van der Waals surface area contributed by atoms with Crippen LogP contribution >= 0.6 is 0 Å². The Labute approximate surface area is 87.5 Å². The van der Waals surface area contributed by atoms with Crippen molar-refractivity contribution in [1.29, 1.82) is 0 Å². The Kier molecular flexibility index (Phi) is 3.97. The number of hydrogen-bond donors (Lipinski definition) is 1. The molecule has 0 aromatic heterocycles. The van der Waals surface area contributed by atoms with Crippen molar-refractivity contribution >= 4 is 5.91 Å². The first kappa shape index (κ1) is 11.5. The molecule has 0 radical (unpaired) electrons. The van der Waals surface area contributed by atoms with Gasteiger partial charge in [0.1, 0.15) is 0 Å². The molecule has 1 rings (SSSR count). The maximum atomic E-state index is 12.0. The van der Waals surface area contributed by atoms with Gasteiger partial charge in [0.25, 0.3) is 0 Å². The zero-order valence-corrected chi connectivity index (χ0v) is 9.73. The molecular formula is C12H23NO. The van der Waals surface area contributed by atoms with Gasteiger partial charge in [-0.15, -0.1) is 0 Å². The summed E-state index contributed by atoms with van der Waals surface area (Å²) in [7, 11) is 0. The van der Waals surface area contributed by atoms with Gasteiger partial charge in [-0.25, -0.2) is 0 Å². The van der Waals surface area contributed by atoms with Crippen LogP contribution in [0.1, 0.15) is 59.3 Å². The van der Waals surface area contributed by atoms with E-state index in [1.165, 1.54) is 19.3 Å². The Bertz CT molecular complexity index is 194. The zero-order chi connectivity index (χ0) is 10.6. The van der Waals surface area contributed by atoms with Crippen LogP contribution in [0.4, 0.5) is 0 Å². The predicted molar refractivity (Wildman–Crippen MR) is 59.1 cm³/mol. The van der Waals surface area contributed by atoms with Gasteiger partial charge in [0.15, 0.2) is 0 Å². The number of rotatable bonds is 3. The summed E-state index contributed by atoms with van der Waals surface area (Å²) in [6.45, 7) is 6.29. The largest absolute Gasteiger partial charge is 0.353 e. The topological polar surface area (TPSA) is 29.1 Å². The molecule has 1 aliphatic rings. The number of nitrogens with one attached hydrogen (secondary N) is 1. The maximum Gasteiger partial charge on any atom is 0.226 e. The molecule has 1 N–H and O–H groups in total. The highest BCUT2D eigenvalue weighted by molar-refractivity contribution is 5.82. The number of amides is 1. The molecular weight excluding hydrogens is 174 g/mol. The van der Waals surface area contributed by atoms with Gasteiger partial charge in [-0.2, -0.15) is 0 Å². The molecule has 0 heterocycles. The summed E-state index contributed by atoms with van der Waals surface area (Å²) in [6, 6.07) is 0.321. The molecule has 1 saturated carbocycles. The van der Waals surface area contributed by atoms with E-state index in [-0.39, 0.29) is 11.3 Å². The molecule has 2 nitrogen and oxygen atoms in total. The van der Waals surface area contributed by atoms with Gasteiger partial charge in [-0.1, -0.05) is 33.1 Å². The lowest BCUT2D eigenvalue weighted by molar-refractivity contribution is -0.132. The monoisotopic (exact) mass is 197 g/mol. The predicted octanol–water partition coefficient (Wildman–Crippen LogP) is 2.87. The van der Waals surface area contributed by atoms with Crippen LogP contribution in [-0.2, 0) is 4.79 Å². The summed E-state index contributed by atoms with van der Waals surface area (Å²) in [6.07, 6.45) is 6.87. The van der Waals surface area contributed by atoms with Crippen molar-refractivity contribution in [3.8, 4) is 0 Å². The first-order chi connectivity index (χ1) is 6.58. The SMILES string of the molecule is CCC(C)NC(=O)C1(C)CCCCC1. The highest BCUT2D eigenvalue weighted by atomic mass is 16.2. The van der Waals surface area contributed by atoms with E-state index in [9.17, 15) is 4.79 Å². The van der Waals surface area contributed by atoms with Crippen molar-refractivity contribution in [3.05, 3.63) is 0 Å². The van der Waals surface area contributed by atoms with Gasteiger partial charge in [-0.3, -0.25) is 4.79 Å². The van der Waals surface area contributed by atoms with Crippen molar-refractivity contribution in [3.63, 3.8) is 0 Å². The summed E-state index contributed by atoms with van der Waals surface area (Å²) in [4.78, 5) is 12.0. The summed E-state index contributed by atoms with van der Waals surface area (Å²) in [5.74, 6) is 0.270. The third kappa shape index (κ3) is 2.73. The average molecular weight is 197 g/mol. The molecule has 2 heteroatoms. The minimum absolute atomic E-state index is 0.0817. The van der Waals surface area contributed by atoms with Crippen LogP contribution < -0.4 is 5.32 Å². The normalized spacial score (nSPS) is 22.8. The fourth-order valence-electron chi connectivity index (χ4n) is 2.06. The van der Waals surface area contributed by atoms with Gasteiger partial charge in [0.05, 0.1) is 0 Å². The summed E-state index contributed by atoms with van der Waals surface area (Å²) in [5, 5.41) is 3.10. The second kappa shape index (κ2) is 4.81. The van der Waals surface area contributed by atoms with E-state index in [4.69, 9.17) is 0 Å². The number of carbonyl (C=O) groups excluding carboxylic acids is 1. The lowest BCUT2D eigenvalue weighted by Gasteiger charge is -2.33. The Morgan fingerprint density at radius 3 is 2.43 bits per heavy atom. The highest BCUT2D eigenvalue weighted by Gasteiger charge is 2.34. The van der Waals surface area contributed by atoms with Crippen LogP contribution in [0.25, 0.3) is 0 Å².